The van der Waals surface area contributed by atoms with Gasteiger partial charge >= 0.3 is 0 Å². The number of morpholine rings is 1. The lowest BCUT2D eigenvalue weighted by atomic mass is 10.0. The lowest BCUT2D eigenvalue weighted by molar-refractivity contribution is -0.885. The van der Waals surface area contributed by atoms with Gasteiger partial charge in [0.2, 0.25) is 10.0 Å². The summed E-state index contributed by atoms with van der Waals surface area (Å²) in [6.45, 7) is 6.56. The predicted octanol–water partition coefficient (Wildman–Crippen LogP) is 0.234. The van der Waals surface area contributed by atoms with Gasteiger partial charge < -0.3 is 14.5 Å². The van der Waals surface area contributed by atoms with Gasteiger partial charge in [-0.25, -0.2) is 8.42 Å². The normalized spacial score (nSPS) is 29.4. The zero-order valence-electron chi connectivity index (χ0n) is 17.2. The van der Waals surface area contributed by atoms with Crippen molar-refractivity contribution < 1.29 is 22.8 Å². The maximum Gasteiger partial charge on any atom is 0.253 e. The average molecular weight is 411 g/mol. The van der Waals surface area contributed by atoms with Crippen molar-refractivity contribution in [1.29, 1.82) is 0 Å². The fraction of sp³-hybridized carbons (Fsp3) is 0.650. The molecule has 1 amide bonds. The van der Waals surface area contributed by atoms with Crippen molar-refractivity contribution in [1.82, 2.24) is 9.21 Å². The van der Waals surface area contributed by atoms with Gasteiger partial charge in [0, 0.05) is 44.6 Å². The summed E-state index contributed by atoms with van der Waals surface area (Å²) in [5.74, 6) is -0.0536. The monoisotopic (exact) mass is 410 g/mol. The third kappa shape index (κ3) is 4.56. The number of nitrogens with one attached hydrogen (secondary N) is 1. The molecule has 2 atom stereocenters. The molecule has 28 heavy (non-hydrogen) atoms. The second-order valence-corrected chi connectivity index (χ2v) is 10.1. The number of hydrogen-bond donors (Lipinski definition) is 1. The Balaban J connectivity index is 1.71. The summed E-state index contributed by atoms with van der Waals surface area (Å²) < 4.78 is 33.0. The molecule has 1 aromatic rings. The predicted molar refractivity (Wildman–Crippen MR) is 107 cm³/mol. The van der Waals surface area contributed by atoms with E-state index in [1.54, 1.807) is 29.2 Å². The molecule has 0 aromatic heterocycles. The average Bonchev–Trinajstić information content (AvgIpc) is 2.67. The summed E-state index contributed by atoms with van der Waals surface area (Å²) in [5.41, 5.74) is 0.524. The Hall–Kier alpha value is -1.48. The van der Waals surface area contributed by atoms with Crippen molar-refractivity contribution >= 4 is 15.9 Å². The highest BCUT2D eigenvalue weighted by Crippen LogP contribution is 2.22. The van der Waals surface area contributed by atoms with Crippen molar-refractivity contribution in [3.05, 3.63) is 29.8 Å². The van der Waals surface area contributed by atoms with Crippen LogP contribution in [-0.4, -0.2) is 82.1 Å². The fourth-order valence-corrected chi connectivity index (χ4v) is 5.69. The highest BCUT2D eigenvalue weighted by molar-refractivity contribution is 7.89. The molecule has 2 aliphatic heterocycles. The first-order chi connectivity index (χ1) is 13.2. The van der Waals surface area contributed by atoms with Crippen LogP contribution in [0.5, 0.6) is 0 Å². The molecular formula is C20H32N3O4S+. The Morgan fingerprint density at radius 3 is 2.18 bits per heavy atom. The smallest absolute Gasteiger partial charge is 0.253 e. The van der Waals surface area contributed by atoms with Crippen molar-refractivity contribution in [2.45, 2.75) is 49.8 Å². The quantitative estimate of drug-likeness (QED) is 0.772. The molecule has 0 spiro atoms. The number of sulfonamides is 1. The second-order valence-electron chi connectivity index (χ2n) is 8.21. The number of amides is 1. The Morgan fingerprint density at radius 2 is 1.64 bits per heavy atom. The van der Waals surface area contributed by atoms with Crippen LogP contribution in [0.2, 0.25) is 0 Å². The third-order valence-corrected chi connectivity index (χ3v) is 7.65. The van der Waals surface area contributed by atoms with Crippen LogP contribution in [0.3, 0.4) is 0 Å². The van der Waals surface area contributed by atoms with Crippen LogP contribution in [0.4, 0.5) is 0 Å². The van der Waals surface area contributed by atoms with Gasteiger partial charge in [0.1, 0.15) is 0 Å². The van der Waals surface area contributed by atoms with Crippen molar-refractivity contribution in [3.63, 3.8) is 0 Å². The first-order valence-electron chi connectivity index (χ1n) is 10.0. The summed E-state index contributed by atoms with van der Waals surface area (Å²) in [6.07, 6.45) is 1.72. The van der Waals surface area contributed by atoms with Gasteiger partial charge in [0.15, 0.2) is 0 Å². The van der Waals surface area contributed by atoms with Crippen LogP contribution in [0.25, 0.3) is 0 Å². The van der Waals surface area contributed by atoms with Crippen LogP contribution < -0.4 is 4.90 Å². The molecule has 1 N–H and O–H groups in total. The Kier molecular flexibility index (Phi) is 6.44. The van der Waals surface area contributed by atoms with Crippen LogP contribution >= 0.6 is 0 Å². The number of likely N-dealkylation sites (tertiary alicyclic amines) is 1. The van der Waals surface area contributed by atoms with E-state index in [1.807, 2.05) is 20.9 Å². The molecule has 1 aromatic carbocycles. The zero-order valence-corrected chi connectivity index (χ0v) is 18.0. The molecule has 0 saturated carbocycles. The largest absolute Gasteiger partial charge is 0.373 e. The summed E-state index contributed by atoms with van der Waals surface area (Å²) in [6, 6.07) is 6.58. The number of carbonyl (C=O) groups excluding carboxylic acids is 1. The van der Waals surface area contributed by atoms with Crippen LogP contribution in [0, 0.1) is 0 Å². The van der Waals surface area contributed by atoms with Gasteiger partial charge in [-0.05, 0) is 38.1 Å². The molecule has 0 bridgehead atoms. The number of benzene rings is 1. The van der Waals surface area contributed by atoms with Gasteiger partial charge in [-0.1, -0.05) is 0 Å². The van der Waals surface area contributed by atoms with Crippen molar-refractivity contribution in [3.8, 4) is 0 Å². The van der Waals surface area contributed by atoms with Crippen LogP contribution in [-0.2, 0) is 14.8 Å². The highest BCUT2D eigenvalue weighted by atomic mass is 32.2. The second kappa shape index (κ2) is 8.49. The van der Waals surface area contributed by atoms with Gasteiger partial charge in [-0.2, -0.15) is 4.31 Å². The van der Waals surface area contributed by atoms with Gasteiger partial charge in [-0.15, -0.1) is 0 Å². The molecule has 3 rings (SSSR count). The van der Waals surface area contributed by atoms with E-state index in [0.29, 0.717) is 18.7 Å². The van der Waals surface area contributed by atoms with Crippen molar-refractivity contribution in [2.24, 2.45) is 0 Å². The molecule has 2 aliphatic rings. The lowest BCUT2D eigenvalue weighted by Crippen LogP contribution is -3.10. The number of hydrogen-bond acceptors (Lipinski definition) is 4. The minimum absolute atomic E-state index is 0.0536. The number of quaternary nitrogens is 1. The number of ether oxygens (including phenoxy) is 1. The fourth-order valence-electron chi connectivity index (χ4n) is 4.10. The number of rotatable bonds is 4. The summed E-state index contributed by atoms with van der Waals surface area (Å²) >= 11 is 0. The maximum absolute atomic E-state index is 12.9. The Labute approximate surface area is 168 Å². The van der Waals surface area contributed by atoms with Crippen LogP contribution in [0.1, 0.15) is 37.0 Å². The number of piperidine rings is 1. The molecule has 156 valence electrons. The number of nitrogens with zero attached hydrogens (tertiary/aromatic N) is 2. The number of carbonyl (C=O) groups is 1. The Morgan fingerprint density at radius 1 is 1.11 bits per heavy atom. The molecule has 2 saturated heterocycles. The van der Waals surface area contributed by atoms with E-state index in [9.17, 15) is 13.2 Å². The summed E-state index contributed by atoms with van der Waals surface area (Å²) in [7, 11) is 0.424. The van der Waals surface area contributed by atoms with Gasteiger partial charge in [0.25, 0.3) is 5.91 Å². The molecule has 2 heterocycles. The summed E-state index contributed by atoms with van der Waals surface area (Å²) in [5, 5.41) is 0. The molecule has 7 nitrogen and oxygen atoms in total. The first-order valence-corrected chi connectivity index (χ1v) is 11.5. The molecule has 0 radical (unpaired) electrons. The minimum atomic E-state index is -3.59. The lowest BCUT2D eigenvalue weighted by Gasteiger charge is -2.34. The van der Waals surface area contributed by atoms with E-state index >= 15 is 0 Å². The van der Waals surface area contributed by atoms with E-state index in [-0.39, 0.29) is 29.1 Å². The molecular weight excluding hydrogens is 378 g/mol. The van der Waals surface area contributed by atoms with E-state index in [1.165, 1.54) is 9.21 Å². The SMILES string of the molecule is C[C@@H]1CN(S(=O)(=O)c2ccc(C(=O)N(C)C3CC[NH+](C)CC3)cc2)C[C@@H](C)O1. The molecule has 0 aliphatic carbocycles. The topological polar surface area (TPSA) is 71.4 Å². The van der Waals surface area contributed by atoms with E-state index in [4.69, 9.17) is 4.74 Å². The maximum atomic E-state index is 12.9. The Bertz CT molecular complexity index is 778. The van der Waals surface area contributed by atoms with E-state index in [2.05, 4.69) is 7.05 Å². The zero-order chi connectivity index (χ0) is 20.5. The van der Waals surface area contributed by atoms with Gasteiger partial charge in [-0.3, -0.25) is 4.79 Å². The molecule has 0 unspecified atom stereocenters. The third-order valence-electron chi connectivity index (χ3n) is 5.80. The molecule has 2 fully saturated rings. The standard InChI is InChI=1S/C20H31N3O4S/c1-15-13-23(14-16(2)27-15)28(25,26)19-7-5-17(6-8-19)20(24)22(4)18-9-11-21(3)12-10-18/h5-8,15-16,18H,9-14H2,1-4H3/p+1/t15-,16-/m1/s1. The van der Waals surface area contributed by atoms with Gasteiger partial charge in [0.05, 0.1) is 37.2 Å². The van der Waals surface area contributed by atoms with E-state index in [0.717, 1.165) is 25.9 Å². The minimum Gasteiger partial charge on any atom is -0.373 e. The van der Waals surface area contributed by atoms with Crippen molar-refractivity contribution in [2.75, 3.05) is 40.3 Å². The molecule has 8 heteroatoms. The van der Waals surface area contributed by atoms with Crippen LogP contribution in [0.15, 0.2) is 29.2 Å². The first kappa shape index (κ1) is 21.2. The summed E-state index contributed by atoms with van der Waals surface area (Å²) in [4.78, 5) is 16.3. The van der Waals surface area contributed by atoms with E-state index < -0.39 is 10.0 Å². The highest BCUT2D eigenvalue weighted by Gasteiger charge is 2.32.